The lowest BCUT2D eigenvalue weighted by Crippen LogP contribution is -2.51. The molecule has 2 aromatic rings. The minimum Gasteiger partial charge on any atom is -0.370 e. The lowest BCUT2D eigenvalue weighted by molar-refractivity contribution is 0.380. The highest BCUT2D eigenvalue weighted by atomic mass is 32.1. The van der Waals surface area contributed by atoms with Crippen molar-refractivity contribution < 1.29 is 0 Å². The molecule has 106 valence electrons. The molecule has 0 amide bonds. The number of nitrogens with zero attached hydrogens (tertiary/aromatic N) is 4. The lowest BCUT2D eigenvalue weighted by Gasteiger charge is -2.35. The maximum Gasteiger partial charge on any atom is 0.191 e. The summed E-state index contributed by atoms with van der Waals surface area (Å²) < 4.78 is 0. The average Bonchev–Trinajstić information content (AvgIpc) is 3.18. The van der Waals surface area contributed by atoms with Gasteiger partial charge >= 0.3 is 0 Å². The van der Waals surface area contributed by atoms with Gasteiger partial charge in [0.25, 0.3) is 0 Å². The summed E-state index contributed by atoms with van der Waals surface area (Å²) in [6.07, 6.45) is 1.85. The van der Waals surface area contributed by atoms with E-state index in [1.807, 2.05) is 11.6 Å². The molecule has 1 aliphatic rings. The molecule has 1 fully saturated rings. The number of aliphatic imine (C=N–C) groups is 1. The predicted octanol–water partition coefficient (Wildman–Crippen LogP) is 1.84. The molecule has 1 aliphatic heterocycles. The second kappa shape index (κ2) is 6.23. The van der Waals surface area contributed by atoms with Gasteiger partial charge in [0.1, 0.15) is 0 Å². The van der Waals surface area contributed by atoms with Gasteiger partial charge in [0, 0.05) is 37.8 Å². The number of piperazine rings is 1. The number of hydrogen-bond acceptors (Lipinski definition) is 5. The molecule has 0 saturated carbocycles. The van der Waals surface area contributed by atoms with E-state index in [4.69, 9.17) is 5.73 Å². The summed E-state index contributed by atoms with van der Waals surface area (Å²) >= 11 is 3.37. The Morgan fingerprint density at radius 3 is 2.80 bits per heavy atom. The Balaban J connectivity index is 1.53. The molecule has 2 N–H and O–H groups in total. The van der Waals surface area contributed by atoms with E-state index in [1.54, 1.807) is 22.7 Å². The van der Waals surface area contributed by atoms with Crippen molar-refractivity contribution in [3.8, 4) is 0 Å². The minimum atomic E-state index is 0.648. The normalized spacial score (nSPS) is 16.7. The fraction of sp³-hybridized carbons (Fsp3) is 0.385. The van der Waals surface area contributed by atoms with Gasteiger partial charge in [0.05, 0.1) is 6.54 Å². The molecule has 0 spiro atoms. The molecule has 0 radical (unpaired) electrons. The zero-order chi connectivity index (χ0) is 13.8. The molecule has 3 rings (SSSR count). The molecule has 2 aromatic heterocycles. The number of aromatic nitrogens is 1. The molecule has 1 saturated heterocycles. The van der Waals surface area contributed by atoms with E-state index in [0.717, 1.165) is 31.3 Å². The Labute approximate surface area is 126 Å². The summed E-state index contributed by atoms with van der Waals surface area (Å²) in [5, 5.41) is 7.28. The molecule has 3 heterocycles. The highest BCUT2D eigenvalue weighted by Crippen LogP contribution is 2.18. The molecule has 20 heavy (non-hydrogen) atoms. The zero-order valence-corrected chi connectivity index (χ0v) is 12.7. The van der Waals surface area contributed by atoms with Gasteiger partial charge in [-0.1, -0.05) is 0 Å². The molecule has 5 nitrogen and oxygen atoms in total. The Hall–Kier alpha value is -1.60. The summed E-state index contributed by atoms with van der Waals surface area (Å²) in [5.41, 5.74) is 7.30. The van der Waals surface area contributed by atoms with Crippen LogP contribution in [-0.4, -0.2) is 42.0 Å². The highest BCUT2D eigenvalue weighted by molar-refractivity contribution is 7.13. The predicted molar refractivity (Wildman–Crippen MR) is 85.5 cm³/mol. The van der Waals surface area contributed by atoms with E-state index in [1.165, 1.54) is 5.56 Å². The van der Waals surface area contributed by atoms with Crippen molar-refractivity contribution in [2.45, 2.75) is 6.54 Å². The van der Waals surface area contributed by atoms with Gasteiger partial charge in [-0.25, -0.2) is 9.98 Å². The van der Waals surface area contributed by atoms with Crippen LogP contribution in [0.2, 0.25) is 0 Å². The number of nitrogens with two attached hydrogens (primary N) is 1. The summed E-state index contributed by atoms with van der Waals surface area (Å²) in [5.74, 6) is 0.648. The van der Waals surface area contributed by atoms with Crippen LogP contribution in [0.15, 0.2) is 33.4 Å². The Kier molecular flexibility index (Phi) is 4.17. The van der Waals surface area contributed by atoms with Crippen LogP contribution in [0.4, 0.5) is 5.13 Å². The summed E-state index contributed by atoms with van der Waals surface area (Å²) in [7, 11) is 0. The van der Waals surface area contributed by atoms with Gasteiger partial charge < -0.3 is 15.5 Å². The fourth-order valence-corrected chi connectivity index (χ4v) is 3.51. The van der Waals surface area contributed by atoms with Crippen molar-refractivity contribution in [2.24, 2.45) is 10.7 Å². The first-order valence-electron chi connectivity index (χ1n) is 6.53. The standard InChI is InChI=1S/C13H17N5S2/c14-12(16-9-11-1-7-19-10-11)17-3-5-18(6-4-17)13-15-2-8-20-13/h1-2,7-8,10H,3-6,9H2,(H2,14,16). The van der Waals surface area contributed by atoms with Crippen LogP contribution >= 0.6 is 22.7 Å². The third-order valence-electron chi connectivity index (χ3n) is 3.30. The van der Waals surface area contributed by atoms with E-state index in [0.29, 0.717) is 12.5 Å². The Morgan fingerprint density at radius 2 is 2.15 bits per heavy atom. The Bertz CT molecular complexity index is 541. The number of rotatable bonds is 3. The van der Waals surface area contributed by atoms with Crippen molar-refractivity contribution in [3.05, 3.63) is 34.0 Å². The molecule has 0 aromatic carbocycles. The maximum atomic E-state index is 6.08. The van der Waals surface area contributed by atoms with Gasteiger partial charge in [-0.2, -0.15) is 11.3 Å². The van der Waals surface area contributed by atoms with E-state index in [2.05, 4.69) is 36.6 Å². The van der Waals surface area contributed by atoms with Crippen LogP contribution < -0.4 is 10.6 Å². The quantitative estimate of drug-likeness (QED) is 0.694. The second-order valence-electron chi connectivity index (χ2n) is 4.59. The third kappa shape index (κ3) is 3.10. The monoisotopic (exact) mass is 307 g/mol. The minimum absolute atomic E-state index is 0.648. The topological polar surface area (TPSA) is 57.8 Å². The van der Waals surface area contributed by atoms with Crippen LogP contribution in [0.3, 0.4) is 0 Å². The SMILES string of the molecule is NC(=NCc1ccsc1)N1CCN(c2nccs2)CC1. The van der Waals surface area contributed by atoms with Crippen molar-refractivity contribution in [3.63, 3.8) is 0 Å². The number of thiophene rings is 1. The first kappa shape index (κ1) is 13.4. The Morgan fingerprint density at radius 1 is 1.30 bits per heavy atom. The molecular weight excluding hydrogens is 290 g/mol. The van der Waals surface area contributed by atoms with E-state index >= 15 is 0 Å². The van der Waals surface area contributed by atoms with E-state index < -0.39 is 0 Å². The van der Waals surface area contributed by atoms with Gasteiger partial charge in [0.2, 0.25) is 0 Å². The van der Waals surface area contributed by atoms with Crippen LogP contribution in [0.5, 0.6) is 0 Å². The van der Waals surface area contributed by atoms with Crippen LogP contribution in [0.25, 0.3) is 0 Å². The van der Waals surface area contributed by atoms with Crippen molar-refractivity contribution >= 4 is 33.8 Å². The van der Waals surface area contributed by atoms with Crippen molar-refractivity contribution in [2.75, 3.05) is 31.1 Å². The van der Waals surface area contributed by atoms with Crippen LogP contribution in [0.1, 0.15) is 5.56 Å². The third-order valence-corrected chi connectivity index (χ3v) is 4.86. The van der Waals surface area contributed by atoms with Crippen LogP contribution in [0, 0.1) is 0 Å². The van der Waals surface area contributed by atoms with Crippen molar-refractivity contribution in [1.29, 1.82) is 0 Å². The number of thiazole rings is 1. The van der Waals surface area contributed by atoms with Gasteiger partial charge in [-0.05, 0) is 22.4 Å². The molecule has 0 aliphatic carbocycles. The largest absolute Gasteiger partial charge is 0.370 e. The maximum absolute atomic E-state index is 6.08. The first-order chi connectivity index (χ1) is 9.83. The first-order valence-corrected chi connectivity index (χ1v) is 8.35. The summed E-state index contributed by atoms with van der Waals surface area (Å²) in [4.78, 5) is 13.3. The second-order valence-corrected chi connectivity index (χ2v) is 6.25. The van der Waals surface area contributed by atoms with Gasteiger partial charge in [-0.3, -0.25) is 0 Å². The smallest absolute Gasteiger partial charge is 0.191 e. The summed E-state index contributed by atoms with van der Waals surface area (Å²) in [6.45, 7) is 4.36. The van der Waals surface area contributed by atoms with Crippen molar-refractivity contribution in [1.82, 2.24) is 9.88 Å². The van der Waals surface area contributed by atoms with Gasteiger partial charge in [-0.15, -0.1) is 11.3 Å². The lowest BCUT2D eigenvalue weighted by atomic mass is 10.3. The zero-order valence-electron chi connectivity index (χ0n) is 11.1. The van der Waals surface area contributed by atoms with E-state index in [9.17, 15) is 0 Å². The number of anilines is 1. The average molecular weight is 307 g/mol. The van der Waals surface area contributed by atoms with E-state index in [-0.39, 0.29) is 0 Å². The summed E-state index contributed by atoms with van der Waals surface area (Å²) in [6, 6.07) is 2.09. The molecule has 0 bridgehead atoms. The number of guanidine groups is 1. The molecule has 0 atom stereocenters. The fourth-order valence-electron chi connectivity index (χ4n) is 2.15. The molecule has 7 heteroatoms. The van der Waals surface area contributed by atoms with Crippen LogP contribution in [-0.2, 0) is 6.54 Å². The number of hydrogen-bond donors (Lipinski definition) is 1. The molecule has 0 unspecified atom stereocenters. The van der Waals surface area contributed by atoms with Gasteiger partial charge in [0.15, 0.2) is 11.1 Å². The molecular formula is C13H17N5S2. The highest BCUT2D eigenvalue weighted by Gasteiger charge is 2.19.